The van der Waals surface area contributed by atoms with E-state index in [0.717, 1.165) is 23.7 Å². The minimum atomic E-state index is 0.441. The molecule has 0 fully saturated rings. The topological polar surface area (TPSA) is 30.5 Å². The van der Waals surface area contributed by atoms with Crippen molar-refractivity contribution in [2.24, 2.45) is 0 Å². The Kier molecular flexibility index (Phi) is 3.77. The molecule has 3 nitrogen and oxygen atoms in total. The smallest absolute Gasteiger partial charge is 0.184 e. The highest BCUT2D eigenvalue weighted by Crippen LogP contribution is 2.37. The van der Waals surface area contributed by atoms with Crippen molar-refractivity contribution >= 4 is 5.69 Å². The molecule has 0 bridgehead atoms. The van der Waals surface area contributed by atoms with Gasteiger partial charge in [-0.05, 0) is 23.6 Å². The number of hydrogen-bond donors (Lipinski definition) is 1. The zero-order chi connectivity index (χ0) is 13.8. The summed E-state index contributed by atoms with van der Waals surface area (Å²) in [7, 11) is 0. The Morgan fingerprint density at radius 3 is 2.65 bits per heavy atom. The number of para-hydroxylation sites is 1. The Morgan fingerprint density at radius 2 is 1.80 bits per heavy atom. The summed E-state index contributed by atoms with van der Waals surface area (Å²) in [5.74, 6) is 2.10. The molecule has 0 saturated carbocycles. The van der Waals surface area contributed by atoms with Crippen molar-refractivity contribution in [1.29, 1.82) is 0 Å². The van der Waals surface area contributed by atoms with Crippen LogP contribution in [0.2, 0.25) is 0 Å². The van der Waals surface area contributed by atoms with Crippen LogP contribution in [0.5, 0.6) is 11.5 Å². The molecule has 1 aliphatic rings. The summed E-state index contributed by atoms with van der Waals surface area (Å²) >= 11 is 0. The van der Waals surface area contributed by atoms with Gasteiger partial charge in [-0.25, -0.2) is 0 Å². The molecule has 0 saturated heterocycles. The Morgan fingerprint density at radius 1 is 1.00 bits per heavy atom. The fraction of sp³-hybridized carbons (Fsp3) is 0.294. The highest BCUT2D eigenvalue weighted by atomic mass is 16.6. The van der Waals surface area contributed by atoms with Crippen LogP contribution in [0.4, 0.5) is 5.69 Å². The standard InChI is InChI=1S/C17H19NO2/c1-13(14-6-3-2-4-7-14)12-18-15-8-5-9-16-17(15)20-11-10-19-16/h2-9,13,18H,10-12H2,1H3. The minimum absolute atomic E-state index is 0.441. The first-order valence-corrected chi connectivity index (χ1v) is 7.02. The number of ether oxygens (including phenoxy) is 2. The largest absolute Gasteiger partial charge is 0.486 e. The van der Waals surface area contributed by atoms with Crippen molar-refractivity contribution in [2.75, 3.05) is 25.1 Å². The number of rotatable bonds is 4. The predicted molar refractivity (Wildman–Crippen MR) is 80.8 cm³/mol. The fourth-order valence-electron chi connectivity index (χ4n) is 2.38. The van der Waals surface area contributed by atoms with Gasteiger partial charge in [-0.1, -0.05) is 43.3 Å². The first-order chi connectivity index (χ1) is 9.84. The summed E-state index contributed by atoms with van der Waals surface area (Å²) in [5.41, 5.74) is 2.34. The average molecular weight is 269 g/mol. The molecule has 0 aliphatic carbocycles. The Bertz CT molecular complexity index is 568. The van der Waals surface area contributed by atoms with Gasteiger partial charge in [0.2, 0.25) is 0 Å². The van der Waals surface area contributed by atoms with Gasteiger partial charge in [0.1, 0.15) is 13.2 Å². The Labute approximate surface area is 119 Å². The van der Waals surface area contributed by atoms with E-state index >= 15 is 0 Å². The number of anilines is 1. The summed E-state index contributed by atoms with van der Waals surface area (Å²) < 4.78 is 11.3. The van der Waals surface area contributed by atoms with E-state index in [4.69, 9.17) is 9.47 Å². The van der Waals surface area contributed by atoms with E-state index in [9.17, 15) is 0 Å². The van der Waals surface area contributed by atoms with Crippen molar-refractivity contribution in [3.8, 4) is 11.5 Å². The number of hydrogen-bond acceptors (Lipinski definition) is 3. The molecule has 3 heteroatoms. The second-order valence-corrected chi connectivity index (χ2v) is 5.02. The molecule has 1 N–H and O–H groups in total. The van der Waals surface area contributed by atoms with Gasteiger partial charge in [0.05, 0.1) is 5.69 Å². The lowest BCUT2D eigenvalue weighted by Gasteiger charge is -2.22. The lowest BCUT2D eigenvalue weighted by molar-refractivity contribution is 0.172. The quantitative estimate of drug-likeness (QED) is 0.918. The van der Waals surface area contributed by atoms with Gasteiger partial charge in [-0.2, -0.15) is 0 Å². The molecule has 104 valence electrons. The third-order valence-corrected chi connectivity index (χ3v) is 3.53. The molecular formula is C17H19NO2. The van der Waals surface area contributed by atoms with E-state index < -0.39 is 0 Å². The van der Waals surface area contributed by atoms with Crippen LogP contribution in [0.3, 0.4) is 0 Å². The summed E-state index contributed by atoms with van der Waals surface area (Å²) in [6.07, 6.45) is 0. The first-order valence-electron chi connectivity index (χ1n) is 7.02. The summed E-state index contributed by atoms with van der Waals surface area (Å²) in [5, 5.41) is 3.47. The van der Waals surface area contributed by atoms with Crippen molar-refractivity contribution in [1.82, 2.24) is 0 Å². The second kappa shape index (κ2) is 5.87. The SMILES string of the molecule is CC(CNc1cccc2c1OCCO2)c1ccccc1. The highest BCUT2D eigenvalue weighted by Gasteiger charge is 2.15. The number of benzene rings is 2. The van der Waals surface area contributed by atoms with Gasteiger partial charge in [-0.3, -0.25) is 0 Å². The lowest BCUT2D eigenvalue weighted by Crippen LogP contribution is -2.17. The van der Waals surface area contributed by atoms with Gasteiger partial charge in [0, 0.05) is 6.54 Å². The molecule has 0 aromatic heterocycles. The summed E-state index contributed by atoms with van der Waals surface area (Å²) in [6.45, 7) is 4.32. The minimum Gasteiger partial charge on any atom is -0.486 e. The van der Waals surface area contributed by atoms with Gasteiger partial charge in [0.15, 0.2) is 11.5 Å². The highest BCUT2D eigenvalue weighted by molar-refractivity contribution is 5.63. The maximum absolute atomic E-state index is 5.71. The summed E-state index contributed by atoms with van der Waals surface area (Å²) in [4.78, 5) is 0. The average Bonchev–Trinajstić information content (AvgIpc) is 2.53. The van der Waals surface area contributed by atoms with E-state index in [1.54, 1.807) is 0 Å². The third kappa shape index (κ3) is 2.72. The second-order valence-electron chi connectivity index (χ2n) is 5.02. The summed E-state index contributed by atoms with van der Waals surface area (Å²) in [6, 6.07) is 16.5. The third-order valence-electron chi connectivity index (χ3n) is 3.53. The van der Waals surface area contributed by atoms with Crippen molar-refractivity contribution in [3.63, 3.8) is 0 Å². The Hall–Kier alpha value is -2.16. The molecule has 2 aromatic carbocycles. The zero-order valence-electron chi connectivity index (χ0n) is 11.6. The van der Waals surface area contributed by atoms with Crippen LogP contribution in [0.25, 0.3) is 0 Å². The normalized spacial score (nSPS) is 14.7. The van der Waals surface area contributed by atoms with Gasteiger partial charge in [0.25, 0.3) is 0 Å². The molecule has 0 radical (unpaired) electrons. The molecule has 3 rings (SSSR count). The van der Waals surface area contributed by atoms with E-state index in [-0.39, 0.29) is 0 Å². The fourth-order valence-corrected chi connectivity index (χ4v) is 2.38. The van der Waals surface area contributed by atoms with Crippen LogP contribution in [0, 0.1) is 0 Å². The van der Waals surface area contributed by atoms with E-state index in [1.807, 2.05) is 24.3 Å². The first kappa shape index (κ1) is 12.9. The predicted octanol–water partition coefficient (Wildman–Crippen LogP) is 3.67. The van der Waals surface area contributed by atoms with Crippen LogP contribution < -0.4 is 14.8 Å². The van der Waals surface area contributed by atoms with Crippen LogP contribution in [-0.2, 0) is 0 Å². The molecule has 1 aliphatic heterocycles. The molecule has 2 aromatic rings. The van der Waals surface area contributed by atoms with Crippen molar-refractivity contribution in [3.05, 3.63) is 54.1 Å². The molecule has 0 spiro atoms. The molecule has 0 amide bonds. The lowest BCUT2D eigenvalue weighted by atomic mass is 10.0. The molecule has 20 heavy (non-hydrogen) atoms. The maximum atomic E-state index is 5.71. The van der Waals surface area contributed by atoms with Gasteiger partial charge < -0.3 is 14.8 Å². The van der Waals surface area contributed by atoms with E-state index in [2.05, 4.69) is 36.5 Å². The van der Waals surface area contributed by atoms with Gasteiger partial charge >= 0.3 is 0 Å². The molecule has 1 heterocycles. The van der Waals surface area contributed by atoms with Crippen LogP contribution in [0.15, 0.2) is 48.5 Å². The van der Waals surface area contributed by atoms with Crippen molar-refractivity contribution in [2.45, 2.75) is 12.8 Å². The van der Waals surface area contributed by atoms with E-state index in [0.29, 0.717) is 19.1 Å². The van der Waals surface area contributed by atoms with Crippen LogP contribution >= 0.6 is 0 Å². The molecular weight excluding hydrogens is 250 g/mol. The van der Waals surface area contributed by atoms with Crippen LogP contribution in [0.1, 0.15) is 18.4 Å². The molecule has 1 atom stereocenters. The van der Waals surface area contributed by atoms with Crippen LogP contribution in [-0.4, -0.2) is 19.8 Å². The maximum Gasteiger partial charge on any atom is 0.184 e. The monoisotopic (exact) mass is 269 g/mol. The Balaban J connectivity index is 1.70. The zero-order valence-corrected chi connectivity index (χ0v) is 11.6. The molecule has 1 unspecified atom stereocenters. The van der Waals surface area contributed by atoms with Crippen molar-refractivity contribution < 1.29 is 9.47 Å². The van der Waals surface area contributed by atoms with Gasteiger partial charge in [-0.15, -0.1) is 0 Å². The number of fused-ring (bicyclic) bond motifs is 1. The van der Waals surface area contributed by atoms with E-state index in [1.165, 1.54) is 5.56 Å². The number of nitrogens with one attached hydrogen (secondary N) is 1.